The van der Waals surface area contributed by atoms with Crippen LogP contribution in [0.25, 0.3) is 0 Å². The lowest BCUT2D eigenvalue weighted by atomic mass is 10.1. The van der Waals surface area contributed by atoms with E-state index < -0.39 is 7.60 Å². The first kappa shape index (κ1) is 21.9. The Hall–Kier alpha value is -0.150. The van der Waals surface area contributed by atoms with Crippen molar-refractivity contribution in [3.63, 3.8) is 0 Å². The smallest absolute Gasteiger partial charge is 0.309 e. The fourth-order valence-electron chi connectivity index (χ4n) is 2.87. The van der Waals surface area contributed by atoms with Gasteiger partial charge in [0.2, 0.25) is 0 Å². The van der Waals surface area contributed by atoms with Crippen LogP contribution in [0.2, 0.25) is 0 Å². The van der Waals surface area contributed by atoms with Gasteiger partial charge >= 0.3 is 7.60 Å². The number of aryl methyl sites for hydroxylation is 1. The van der Waals surface area contributed by atoms with E-state index in [0.29, 0.717) is 19.4 Å². The van der Waals surface area contributed by atoms with Crippen LogP contribution in [0.4, 0.5) is 0 Å². The first-order valence-electron chi connectivity index (χ1n) is 9.59. The monoisotopic (exact) mass is 374 g/mol. The molecule has 0 aliphatic rings. The maximum atomic E-state index is 12.3. The predicted molar refractivity (Wildman–Crippen MR) is 105 cm³/mol. The minimum absolute atomic E-state index is 0.462. The summed E-state index contributed by atoms with van der Waals surface area (Å²) in [7, 11) is -2.81. The van der Waals surface area contributed by atoms with Crippen LogP contribution in [-0.2, 0) is 20.0 Å². The molecule has 1 aromatic rings. The standard InChI is InChI=1S/C19H35O3PS/c1-3-21-23(20,22-4-2)16-13-11-9-7-5-6-8-10-12-14-19-15-17-24-18-19/h15,17-18H,3-14,16H2,1-2H3. The second-order valence-corrected chi connectivity index (χ2v) is 9.20. The average molecular weight is 375 g/mol. The van der Waals surface area contributed by atoms with Crippen LogP contribution in [0, 0.1) is 0 Å². The Labute approximate surface area is 152 Å². The summed E-state index contributed by atoms with van der Waals surface area (Å²) >= 11 is 1.79. The second kappa shape index (κ2) is 14.1. The molecule has 24 heavy (non-hydrogen) atoms. The molecule has 0 amide bonds. The van der Waals surface area contributed by atoms with E-state index in [0.717, 1.165) is 12.8 Å². The fraction of sp³-hybridized carbons (Fsp3) is 0.789. The Balaban J connectivity index is 1.88. The molecular weight excluding hydrogens is 339 g/mol. The molecular formula is C19H35O3PS. The maximum Gasteiger partial charge on any atom is 0.330 e. The third-order valence-corrected chi connectivity index (χ3v) is 7.03. The van der Waals surface area contributed by atoms with E-state index in [-0.39, 0.29) is 0 Å². The molecule has 0 fully saturated rings. The van der Waals surface area contributed by atoms with E-state index in [4.69, 9.17) is 9.05 Å². The van der Waals surface area contributed by atoms with Gasteiger partial charge in [-0.05, 0) is 55.5 Å². The van der Waals surface area contributed by atoms with Crippen molar-refractivity contribution in [3.8, 4) is 0 Å². The molecule has 0 bridgehead atoms. The van der Waals surface area contributed by atoms with Crippen LogP contribution < -0.4 is 0 Å². The molecule has 0 saturated carbocycles. The van der Waals surface area contributed by atoms with Crippen molar-refractivity contribution in [1.29, 1.82) is 0 Å². The van der Waals surface area contributed by atoms with E-state index in [2.05, 4.69) is 16.8 Å². The van der Waals surface area contributed by atoms with E-state index >= 15 is 0 Å². The van der Waals surface area contributed by atoms with Crippen LogP contribution in [0.3, 0.4) is 0 Å². The summed E-state index contributed by atoms with van der Waals surface area (Å²) in [6, 6.07) is 2.24. The van der Waals surface area contributed by atoms with Gasteiger partial charge in [0.25, 0.3) is 0 Å². The Morgan fingerprint density at radius 1 is 0.875 bits per heavy atom. The van der Waals surface area contributed by atoms with Gasteiger partial charge in [-0.2, -0.15) is 11.3 Å². The van der Waals surface area contributed by atoms with Gasteiger partial charge in [0, 0.05) is 0 Å². The highest BCUT2D eigenvalue weighted by Gasteiger charge is 2.22. The lowest BCUT2D eigenvalue weighted by Crippen LogP contribution is -2.00. The van der Waals surface area contributed by atoms with Crippen molar-refractivity contribution < 1.29 is 13.6 Å². The van der Waals surface area contributed by atoms with Crippen molar-refractivity contribution >= 4 is 18.9 Å². The highest BCUT2D eigenvalue weighted by atomic mass is 32.1. The van der Waals surface area contributed by atoms with Gasteiger partial charge < -0.3 is 9.05 Å². The van der Waals surface area contributed by atoms with Crippen molar-refractivity contribution in [2.75, 3.05) is 19.4 Å². The summed E-state index contributed by atoms with van der Waals surface area (Å²) in [5.41, 5.74) is 1.50. The van der Waals surface area contributed by atoms with Crippen molar-refractivity contribution in [2.45, 2.75) is 78.1 Å². The zero-order valence-electron chi connectivity index (χ0n) is 15.5. The number of hydrogen-bond donors (Lipinski definition) is 0. The van der Waals surface area contributed by atoms with Gasteiger partial charge in [0.05, 0.1) is 19.4 Å². The quantitative estimate of drug-likeness (QED) is 0.229. The molecule has 0 spiro atoms. The van der Waals surface area contributed by atoms with Gasteiger partial charge in [-0.15, -0.1) is 0 Å². The van der Waals surface area contributed by atoms with Gasteiger partial charge in [-0.25, -0.2) is 0 Å². The van der Waals surface area contributed by atoms with Gasteiger partial charge in [-0.3, -0.25) is 4.57 Å². The van der Waals surface area contributed by atoms with Crippen LogP contribution >= 0.6 is 18.9 Å². The minimum Gasteiger partial charge on any atom is -0.309 e. The molecule has 1 heterocycles. The molecule has 140 valence electrons. The molecule has 0 aliphatic heterocycles. The Morgan fingerprint density at radius 2 is 1.42 bits per heavy atom. The summed E-state index contributed by atoms with van der Waals surface area (Å²) in [6.07, 6.45) is 13.1. The third kappa shape index (κ3) is 10.7. The first-order chi connectivity index (χ1) is 11.7. The predicted octanol–water partition coefficient (Wildman–Crippen LogP) is 7.07. The zero-order valence-corrected chi connectivity index (χ0v) is 17.2. The van der Waals surface area contributed by atoms with Crippen molar-refractivity contribution in [3.05, 3.63) is 22.4 Å². The fourth-order valence-corrected chi connectivity index (χ4v) is 5.30. The summed E-state index contributed by atoms with van der Waals surface area (Å²) < 4.78 is 22.9. The summed E-state index contributed by atoms with van der Waals surface area (Å²) in [6.45, 7) is 4.66. The minimum atomic E-state index is -2.81. The summed E-state index contributed by atoms with van der Waals surface area (Å²) in [4.78, 5) is 0. The van der Waals surface area contributed by atoms with Crippen LogP contribution in [0.1, 0.15) is 77.2 Å². The second-order valence-electron chi connectivity index (χ2n) is 6.23. The molecule has 0 atom stereocenters. The number of rotatable bonds is 16. The highest BCUT2D eigenvalue weighted by Crippen LogP contribution is 2.48. The number of thiophene rings is 1. The zero-order chi connectivity index (χ0) is 17.5. The molecule has 0 unspecified atom stereocenters. The molecule has 0 aromatic carbocycles. The van der Waals surface area contributed by atoms with Crippen LogP contribution in [0.5, 0.6) is 0 Å². The van der Waals surface area contributed by atoms with E-state index in [1.54, 1.807) is 11.3 Å². The topological polar surface area (TPSA) is 35.5 Å². The van der Waals surface area contributed by atoms with E-state index in [9.17, 15) is 4.57 Å². The molecule has 1 rings (SSSR count). The normalized spacial score (nSPS) is 11.9. The van der Waals surface area contributed by atoms with Crippen molar-refractivity contribution in [2.24, 2.45) is 0 Å². The molecule has 1 aromatic heterocycles. The van der Waals surface area contributed by atoms with Crippen LogP contribution in [-0.4, -0.2) is 19.4 Å². The maximum absolute atomic E-state index is 12.3. The number of hydrogen-bond acceptors (Lipinski definition) is 4. The summed E-state index contributed by atoms with van der Waals surface area (Å²) in [5, 5.41) is 4.42. The largest absolute Gasteiger partial charge is 0.330 e. The van der Waals surface area contributed by atoms with Crippen molar-refractivity contribution in [1.82, 2.24) is 0 Å². The molecule has 0 aliphatic carbocycles. The van der Waals surface area contributed by atoms with Gasteiger partial charge in [-0.1, -0.05) is 44.9 Å². The summed E-state index contributed by atoms with van der Waals surface area (Å²) in [5.74, 6) is 0. The number of unbranched alkanes of at least 4 members (excludes halogenated alkanes) is 8. The van der Waals surface area contributed by atoms with Gasteiger partial charge in [0.15, 0.2) is 0 Å². The third-order valence-electron chi connectivity index (χ3n) is 4.13. The first-order valence-corrected chi connectivity index (χ1v) is 12.3. The Morgan fingerprint density at radius 3 is 1.92 bits per heavy atom. The average Bonchev–Trinajstić information content (AvgIpc) is 3.06. The Bertz CT molecular complexity index is 424. The molecule has 3 nitrogen and oxygen atoms in total. The molecule has 0 saturated heterocycles. The van der Waals surface area contributed by atoms with E-state index in [1.807, 2.05) is 13.8 Å². The molecule has 5 heteroatoms. The Kier molecular flexibility index (Phi) is 12.8. The van der Waals surface area contributed by atoms with Crippen LogP contribution in [0.15, 0.2) is 16.8 Å². The highest BCUT2D eigenvalue weighted by molar-refractivity contribution is 7.53. The lowest BCUT2D eigenvalue weighted by Gasteiger charge is -2.16. The SMILES string of the molecule is CCOP(=O)(CCCCCCCCCCCc1ccsc1)OCC. The van der Waals surface area contributed by atoms with E-state index in [1.165, 1.54) is 56.9 Å². The van der Waals surface area contributed by atoms with Gasteiger partial charge in [0.1, 0.15) is 0 Å². The molecule has 0 radical (unpaired) electrons. The molecule has 0 N–H and O–H groups in total. The lowest BCUT2D eigenvalue weighted by molar-refractivity contribution is 0.219.